The van der Waals surface area contributed by atoms with E-state index in [1.165, 1.54) is 0 Å². The van der Waals surface area contributed by atoms with Crippen molar-refractivity contribution >= 4 is 5.84 Å². The maximum atomic E-state index is 9.62. The second kappa shape index (κ2) is 3.18. The van der Waals surface area contributed by atoms with Crippen molar-refractivity contribution in [3.05, 3.63) is 35.9 Å². The molecule has 2 atom stereocenters. The number of aliphatic imine (C=N–C) groups is 1. The average molecular weight is 176 g/mol. The summed E-state index contributed by atoms with van der Waals surface area (Å²) in [5.41, 5.74) is 6.57. The van der Waals surface area contributed by atoms with Gasteiger partial charge in [-0.2, -0.15) is 0 Å². The Labute approximate surface area is 76.9 Å². The number of aliphatic hydroxyl groups is 1. The van der Waals surface area contributed by atoms with Crippen molar-refractivity contribution in [2.45, 2.75) is 18.6 Å². The van der Waals surface area contributed by atoms with Gasteiger partial charge in [-0.05, 0) is 5.56 Å². The van der Waals surface area contributed by atoms with Crippen molar-refractivity contribution in [2.75, 3.05) is 0 Å². The Balaban J connectivity index is 2.27. The lowest BCUT2D eigenvalue weighted by Crippen LogP contribution is -2.14. The van der Waals surface area contributed by atoms with Gasteiger partial charge in [-0.25, -0.2) is 0 Å². The second-order valence-electron chi connectivity index (χ2n) is 3.25. The smallest absolute Gasteiger partial charge is 0.103 e. The lowest BCUT2D eigenvalue weighted by molar-refractivity contribution is 0.164. The maximum absolute atomic E-state index is 9.62. The Morgan fingerprint density at radius 2 is 2.00 bits per heavy atom. The number of amidine groups is 1. The molecule has 1 heterocycles. The third-order valence-corrected chi connectivity index (χ3v) is 2.23. The highest BCUT2D eigenvalue weighted by Gasteiger charge is 2.26. The van der Waals surface area contributed by atoms with E-state index in [1.807, 2.05) is 30.3 Å². The SMILES string of the molecule is NC1=NC(c2ccccc2)C(O)C1. The van der Waals surface area contributed by atoms with Crippen molar-refractivity contribution in [1.29, 1.82) is 0 Å². The zero-order chi connectivity index (χ0) is 9.26. The zero-order valence-corrected chi connectivity index (χ0v) is 7.22. The summed E-state index contributed by atoms with van der Waals surface area (Å²) < 4.78 is 0. The Kier molecular flexibility index (Phi) is 2.02. The molecule has 0 aliphatic carbocycles. The molecule has 0 aromatic heterocycles. The highest BCUT2D eigenvalue weighted by Crippen LogP contribution is 2.27. The lowest BCUT2D eigenvalue weighted by Gasteiger charge is -2.11. The predicted molar refractivity (Wildman–Crippen MR) is 51.4 cm³/mol. The van der Waals surface area contributed by atoms with Crippen LogP contribution in [-0.4, -0.2) is 17.0 Å². The Hall–Kier alpha value is -1.35. The summed E-state index contributed by atoms with van der Waals surface area (Å²) in [6, 6.07) is 9.56. The van der Waals surface area contributed by atoms with E-state index in [0.29, 0.717) is 12.3 Å². The molecular formula is C10H12N2O. The quantitative estimate of drug-likeness (QED) is 0.666. The molecule has 0 radical (unpaired) electrons. The monoisotopic (exact) mass is 176 g/mol. The molecule has 0 bridgehead atoms. The van der Waals surface area contributed by atoms with Crippen molar-refractivity contribution < 1.29 is 5.11 Å². The van der Waals surface area contributed by atoms with Gasteiger partial charge in [0.2, 0.25) is 0 Å². The van der Waals surface area contributed by atoms with Gasteiger partial charge >= 0.3 is 0 Å². The minimum absolute atomic E-state index is 0.166. The fraction of sp³-hybridized carbons (Fsp3) is 0.300. The molecule has 68 valence electrons. The van der Waals surface area contributed by atoms with E-state index in [9.17, 15) is 5.11 Å². The molecular weight excluding hydrogens is 164 g/mol. The van der Waals surface area contributed by atoms with Crippen LogP contribution in [-0.2, 0) is 0 Å². The molecule has 1 aliphatic rings. The number of nitrogens with two attached hydrogens (primary N) is 1. The third kappa shape index (κ3) is 1.55. The van der Waals surface area contributed by atoms with Crippen LogP contribution >= 0.6 is 0 Å². The van der Waals surface area contributed by atoms with Gasteiger partial charge in [-0.15, -0.1) is 0 Å². The number of hydrogen-bond donors (Lipinski definition) is 2. The molecule has 0 saturated heterocycles. The van der Waals surface area contributed by atoms with Crippen LogP contribution in [0.25, 0.3) is 0 Å². The van der Waals surface area contributed by atoms with E-state index < -0.39 is 6.10 Å². The van der Waals surface area contributed by atoms with E-state index in [2.05, 4.69) is 4.99 Å². The first-order chi connectivity index (χ1) is 6.27. The van der Waals surface area contributed by atoms with E-state index in [0.717, 1.165) is 5.56 Å². The Morgan fingerprint density at radius 1 is 1.31 bits per heavy atom. The average Bonchev–Trinajstić information content (AvgIpc) is 2.47. The van der Waals surface area contributed by atoms with Gasteiger partial charge in [-0.3, -0.25) is 4.99 Å². The molecule has 3 heteroatoms. The molecule has 0 amide bonds. The van der Waals surface area contributed by atoms with E-state index >= 15 is 0 Å². The molecule has 3 N–H and O–H groups in total. The number of rotatable bonds is 1. The van der Waals surface area contributed by atoms with Gasteiger partial charge in [0, 0.05) is 6.42 Å². The van der Waals surface area contributed by atoms with E-state index in [-0.39, 0.29) is 6.04 Å². The van der Waals surface area contributed by atoms with Crippen molar-refractivity contribution in [1.82, 2.24) is 0 Å². The van der Waals surface area contributed by atoms with E-state index in [4.69, 9.17) is 5.73 Å². The summed E-state index contributed by atoms with van der Waals surface area (Å²) in [5, 5.41) is 9.62. The summed E-state index contributed by atoms with van der Waals surface area (Å²) >= 11 is 0. The molecule has 2 unspecified atom stereocenters. The van der Waals surface area contributed by atoms with Crippen molar-refractivity contribution in [3.8, 4) is 0 Å². The largest absolute Gasteiger partial charge is 0.390 e. The normalized spacial score (nSPS) is 27.3. The molecule has 1 aromatic rings. The number of nitrogens with zero attached hydrogens (tertiary/aromatic N) is 1. The van der Waals surface area contributed by atoms with Crippen LogP contribution in [0.4, 0.5) is 0 Å². The standard InChI is InChI=1S/C10H12N2O/c11-9-6-8(13)10(12-9)7-4-2-1-3-5-7/h1-5,8,10,13H,6H2,(H2,11,12). The number of benzene rings is 1. The highest BCUT2D eigenvalue weighted by atomic mass is 16.3. The van der Waals surface area contributed by atoms with Gasteiger partial charge in [0.05, 0.1) is 11.9 Å². The summed E-state index contributed by atoms with van der Waals surface area (Å²) in [6.07, 6.45) is 0.0296. The molecule has 0 fully saturated rings. The van der Waals surface area contributed by atoms with Gasteiger partial charge in [-0.1, -0.05) is 30.3 Å². The van der Waals surface area contributed by atoms with E-state index in [1.54, 1.807) is 0 Å². The van der Waals surface area contributed by atoms with Crippen LogP contribution in [0.1, 0.15) is 18.0 Å². The zero-order valence-electron chi connectivity index (χ0n) is 7.22. The topological polar surface area (TPSA) is 58.6 Å². The third-order valence-electron chi connectivity index (χ3n) is 2.23. The van der Waals surface area contributed by atoms with Crippen LogP contribution in [0, 0.1) is 0 Å². The Morgan fingerprint density at radius 3 is 2.54 bits per heavy atom. The lowest BCUT2D eigenvalue weighted by atomic mass is 10.0. The molecule has 1 aliphatic heterocycles. The molecule has 3 nitrogen and oxygen atoms in total. The van der Waals surface area contributed by atoms with Crippen molar-refractivity contribution in [2.24, 2.45) is 10.7 Å². The van der Waals surface area contributed by atoms with Crippen LogP contribution < -0.4 is 5.73 Å². The predicted octanol–water partition coefficient (Wildman–Crippen LogP) is 0.850. The van der Waals surface area contributed by atoms with Gasteiger partial charge in [0.1, 0.15) is 6.04 Å². The van der Waals surface area contributed by atoms with Crippen LogP contribution in [0.3, 0.4) is 0 Å². The molecule has 0 spiro atoms. The summed E-state index contributed by atoms with van der Waals surface area (Å²) in [6.45, 7) is 0. The summed E-state index contributed by atoms with van der Waals surface area (Å²) in [4.78, 5) is 4.18. The number of aliphatic hydroxyl groups excluding tert-OH is 1. The molecule has 1 aromatic carbocycles. The minimum Gasteiger partial charge on any atom is -0.390 e. The first-order valence-electron chi connectivity index (χ1n) is 4.32. The number of hydrogen-bond acceptors (Lipinski definition) is 3. The second-order valence-corrected chi connectivity index (χ2v) is 3.25. The maximum Gasteiger partial charge on any atom is 0.103 e. The summed E-state index contributed by atoms with van der Waals surface area (Å²) in [5.74, 6) is 0.543. The minimum atomic E-state index is -0.456. The first-order valence-corrected chi connectivity index (χ1v) is 4.32. The van der Waals surface area contributed by atoms with Gasteiger partial charge < -0.3 is 10.8 Å². The van der Waals surface area contributed by atoms with Crippen molar-refractivity contribution in [3.63, 3.8) is 0 Å². The first kappa shape index (κ1) is 8.26. The van der Waals surface area contributed by atoms with Crippen LogP contribution in [0.2, 0.25) is 0 Å². The summed E-state index contributed by atoms with van der Waals surface area (Å²) in [7, 11) is 0. The van der Waals surface area contributed by atoms with Crippen LogP contribution in [0.5, 0.6) is 0 Å². The van der Waals surface area contributed by atoms with Gasteiger partial charge in [0.25, 0.3) is 0 Å². The fourth-order valence-electron chi connectivity index (χ4n) is 1.59. The van der Waals surface area contributed by atoms with Gasteiger partial charge in [0.15, 0.2) is 0 Å². The molecule has 13 heavy (non-hydrogen) atoms. The van der Waals surface area contributed by atoms with Crippen LogP contribution in [0.15, 0.2) is 35.3 Å². The molecule has 2 rings (SSSR count). The highest BCUT2D eigenvalue weighted by molar-refractivity contribution is 5.83. The fourth-order valence-corrected chi connectivity index (χ4v) is 1.59. The Bertz CT molecular complexity index is 321. The molecule has 0 saturated carbocycles.